The number of likely N-dealkylation sites (tertiary alicyclic amines) is 1. The van der Waals surface area contributed by atoms with E-state index in [9.17, 15) is 4.79 Å². The third kappa shape index (κ3) is 2.53. The molecule has 18 heavy (non-hydrogen) atoms. The lowest BCUT2D eigenvalue weighted by atomic mass is 10.1. The molecule has 3 heterocycles. The van der Waals surface area contributed by atoms with Crippen molar-refractivity contribution in [3.8, 4) is 0 Å². The first kappa shape index (κ1) is 12.4. The number of rotatable bonds is 2. The number of hydrogen-bond donors (Lipinski definition) is 1. The van der Waals surface area contributed by atoms with Crippen LogP contribution in [0.4, 0.5) is 0 Å². The van der Waals surface area contributed by atoms with Crippen molar-refractivity contribution in [2.24, 2.45) is 5.92 Å². The first-order valence-corrected chi connectivity index (χ1v) is 7.16. The molecule has 0 saturated carbocycles. The fraction of sp³-hybridized carbons (Fsp3) is 0.923. The molecule has 2 atom stereocenters. The Labute approximate surface area is 108 Å². The summed E-state index contributed by atoms with van der Waals surface area (Å²) in [5.41, 5.74) is 0. The molecular formula is C13H23N3O2. The molecule has 5 nitrogen and oxygen atoms in total. The number of amides is 1. The lowest BCUT2D eigenvalue weighted by Crippen LogP contribution is -2.49. The van der Waals surface area contributed by atoms with E-state index in [1.807, 2.05) is 0 Å². The summed E-state index contributed by atoms with van der Waals surface area (Å²) < 4.78 is 5.31. The van der Waals surface area contributed by atoms with Crippen LogP contribution < -0.4 is 5.32 Å². The van der Waals surface area contributed by atoms with Crippen molar-refractivity contribution >= 4 is 5.91 Å². The van der Waals surface area contributed by atoms with Gasteiger partial charge in [0.05, 0.1) is 12.5 Å². The van der Waals surface area contributed by atoms with Gasteiger partial charge in [-0.15, -0.1) is 0 Å². The van der Waals surface area contributed by atoms with Gasteiger partial charge in [0.2, 0.25) is 5.91 Å². The van der Waals surface area contributed by atoms with Crippen LogP contribution in [0.1, 0.15) is 12.8 Å². The molecule has 0 aromatic carbocycles. The monoisotopic (exact) mass is 253 g/mol. The zero-order chi connectivity index (χ0) is 12.4. The second-order valence-corrected chi connectivity index (χ2v) is 5.57. The fourth-order valence-electron chi connectivity index (χ4n) is 3.27. The van der Waals surface area contributed by atoms with Crippen LogP contribution >= 0.6 is 0 Å². The molecular weight excluding hydrogens is 230 g/mol. The zero-order valence-electron chi connectivity index (χ0n) is 10.9. The molecule has 3 fully saturated rings. The van der Waals surface area contributed by atoms with Gasteiger partial charge in [0.1, 0.15) is 0 Å². The van der Waals surface area contributed by atoms with Gasteiger partial charge in [-0.25, -0.2) is 0 Å². The van der Waals surface area contributed by atoms with Gasteiger partial charge in [0, 0.05) is 51.9 Å². The van der Waals surface area contributed by atoms with Gasteiger partial charge in [-0.05, 0) is 12.8 Å². The largest absolute Gasteiger partial charge is 0.381 e. The molecule has 0 aromatic heterocycles. The Bertz CT molecular complexity index is 299. The number of nitrogens with one attached hydrogen (secondary N) is 1. The molecule has 0 spiro atoms. The number of nitrogens with zero attached hydrogens (tertiary/aromatic N) is 2. The van der Waals surface area contributed by atoms with E-state index >= 15 is 0 Å². The molecule has 0 radical (unpaired) electrons. The topological polar surface area (TPSA) is 44.8 Å². The van der Waals surface area contributed by atoms with E-state index in [-0.39, 0.29) is 5.92 Å². The molecule has 5 heteroatoms. The molecule has 2 unspecified atom stereocenters. The minimum atomic E-state index is 0.131. The third-order valence-electron chi connectivity index (χ3n) is 4.42. The van der Waals surface area contributed by atoms with Crippen molar-refractivity contribution in [3.05, 3.63) is 0 Å². The SMILES string of the molecule is O=C(C1CCOC1)N1CCC(N2CCNCC2)C1. The van der Waals surface area contributed by atoms with Crippen LogP contribution in [0.2, 0.25) is 0 Å². The summed E-state index contributed by atoms with van der Waals surface area (Å²) in [5.74, 6) is 0.455. The van der Waals surface area contributed by atoms with Crippen LogP contribution in [-0.2, 0) is 9.53 Å². The van der Waals surface area contributed by atoms with E-state index in [2.05, 4.69) is 15.1 Å². The maximum Gasteiger partial charge on any atom is 0.228 e. The minimum absolute atomic E-state index is 0.131. The Morgan fingerprint density at radius 1 is 1.17 bits per heavy atom. The van der Waals surface area contributed by atoms with E-state index < -0.39 is 0 Å². The maximum atomic E-state index is 12.3. The van der Waals surface area contributed by atoms with E-state index in [1.165, 1.54) is 0 Å². The van der Waals surface area contributed by atoms with E-state index in [1.54, 1.807) is 0 Å². The lowest BCUT2D eigenvalue weighted by Gasteiger charge is -2.32. The smallest absolute Gasteiger partial charge is 0.228 e. The normalized spacial score (nSPS) is 34.1. The van der Waals surface area contributed by atoms with Crippen LogP contribution in [0.5, 0.6) is 0 Å². The summed E-state index contributed by atoms with van der Waals surface area (Å²) in [4.78, 5) is 16.9. The molecule has 3 aliphatic rings. The van der Waals surface area contributed by atoms with Crippen LogP contribution in [-0.4, -0.2) is 74.2 Å². The van der Waals surface area contributed by atoms with E-state index in [0.717, 1.165) is 58.7 Å². The summed E-state index contributed by atoms with van der Waals surface area (Å²) in [6, 6.07) is 0.582. The summed E-state index contributed by atoms with van der Waals surface area (Å²) in [6.45, 7) is 7.67. The second-order valence-electron chi connectivity index (χ2n) is 5.57. The van der Waals surface area contributed by atoms with Crippen molar-refractivity contribution in [1.82, 2.24) is 15.1 Å². The van der Waals surface area contributed by atoms with Gasteiger partial charge in [0.15, 0.2) is 0 Å². The molecule has 0 aliphatic carbocycles. The Morgan fingerprint density at radius 3 is 2.72 bits per heavy atom. The van der Waals surface area contributed by atoms with Crippen molar-refractivity contribution < 1.29 is 9.53 Å². The average Bonchev–Trinajstić information content (AvgIpc) is 3.10. The number of carbonyl (C=O) groups is 1. The molecule has 0 aromatic rings. The standard InChI is InChI=1S/C13H23N3O2/c17-13(11-2-8-18-10-11)16-5-1-12(9-16)15-6-3-14-4-7-15/h11-12,14H,1-10H2. The van der Waals surface area contributed by atoms with Crippen molar-refractivity contribution in [2.75, 3.05) is 52.5 Å². The summed E-state index contributed by atoms with van der Waals surface area (Å²) in [6.07, 6.45) is 2.05. The number of hydrogen-bond acceptors (Lipinski definition) is 4. The highest BCUT2D eigenvalue weighted by atomic mass is 16.5. The Hall–Kier alpha value is -0.650. The highest BCUT2D eigenvalue weighted by molar-refractivity contribution is 5.79. The maximum absolute atomic E-state index is 12.3. The van der Waals surface area contributed by atoms with Gasteiger partial charge < -0.3 is 15.0 Å². The molecule has 3 aliphatic heterocycles. The highest BCUT2D eigenvalue weighted by Crippen LogP contribution is 2.21. The van der Waals surface area contributed by atoms with E-state index in [0.29, 0.717) is 18.6 Å². The van der Waals surface area contributed by atoms with Gasteiger partial charge in [-0.2, -0.15) is 0 Å². The molecule has 0 bridgehead atoms. The summed E-state index contributed by atoms with van der Waals surface area (Å²) in [5, 5.41) is 3.38. The van der Waals surface area contributed by atoms with Crippen molar-refractivity contribution in [2.45, 2.75) is 18.9 Å². The molecule has 1 N–H and O–H groups in total. The minimum Gasteiger partial charge on any atom is -0.381 e. The quantitative estimate of drug-likeness (QED) is 0.722. The van der Waals surface area contributed by atoms with Crippen LogP contribution in [0.15, 0.2) is 0 Å². The highest BCUT2D eigenvalue weighted by Gasteiger charge is 2.34. The van der Waals surface area contributed by atoms with Gasteiger partial charge >= 0.3 is 0 Å². The summed E-state index contributed by atoms with van der Waals surface area (Å²) >= 11 is 0. The fourth-order valence-corrected chi connectivity index (χ4v) is 3.27. The van der Waals surface area contributed by atoms with Crippen LogP contribution in [0, 0.1) is 5.92 Å². The number of ether oxygens (including phenoxy) is 1. The lowest BCUT2D eigenvalue weighted by molar-refractivity contribution is -0.134. The van der Waals surface area contributed by atoms with Crippen LogP contribution in [0.3, 0.4) is 0 Å². The Morgan fingerprint density at radius 2 is 2.00 bits per heavy atom. The van der Waals surface area contributed by atoms with Crippen molar-refractivity contribution in [1.29, 1.82) is 0 Å². The third-order valence-corrected chi connectivity index (χ3v) is 4.42. The first-order valence-electron chi connectivity index (χ1n) is 7.16. The van der Waals surface area contributed by atoms with E-state index in [4.69, 9.17) is 4.74 Å². The zero-order valence-corrected chi connectivity index (χ0v) is 10.9. The van der Waals surface area contributed by atoms with Gasteiger partial charge in [0.25, 0.3) is 0 Å². The van der Waals surface area contributed by atoms with Gasteiger partial charge in [-0.3, -0.25) is 9.69 Å². The number of piperazine rings is 1. The first-order chi connectivity index (χ1) is 8.84. The molecule has 3 saturated heterocycles. The molecule has 3 rings (SSSR count). The predicted octanol–water partition coefficient (Wildman–Crippen LogP) is -0.471. The van der Waals surface area contributed by atoms with Gasteiger partial charge in [-0.1, -0.05) is 0 Å². The second kappa shape index (κ2) is 5.55. The Balaban J connectivity index is 1.52. The molecule has 1 amide bonds. The Kier molecular flexibility index (Phi) is 3.82. The predicted molar refractivity (Wildman–Crippen MR) is 68.4 cm³/mol. The summed E-state index contributed by atoms with van der Waals surface area (Å²) in [7, 11) is 0. The van der Waals surface area contributed by atoms with Crippen molar-refractivity contribution in [3.63, 3.8) is 0 Å². The van der Waals surface area contributed by atoms with Crippen LogP contribution in [0.25, 0.3) is 0 Å². The number of carbonyl (C=O) groups excluding carboxylic acids is 1. The molecule has 102 valence electrons. The average molecular weight is 253 g/mol.